The van der Waals surface area contributed by atoms with E-state index in [1.54, 1.807) is 4.90 Å². The van der Waals surface area contributed by atoms with Gasteiger partial charge in [-0.15, -0.1) is 10.2 Å². The van der Waals surface area contributed by atoms with Gasteiger partial charge in [0.25, 0.3) is 11.8 Å². The lowest BCUT2D eigenvalue weighted by atomic mass is 9.97. The predicted molar refractivity (Wildman–Crippen MR) is 106 cm³/mol. The van der Waals surface area contributed by atoms with Crippen molar-refractivity contribution in [2.45, 2.75) is 26.2 Å². The highest BCUT2D eigenvalue weighted by Gasteiger charge is 2.30. The number of rotatable bonds is 6. The second-order valence-corrected chi connectivity index (χ2v) is 7.73. The molecule has 2 N–H and O–H groups in total. The highest BCUT2D eigenvalue weighted by molar-refractivity contribution is 7.15. The molecule has 2 heterocycles. The molecule has 1 aliphatic rings. The Balaban J connectivity index is 1.61. The third-order valence-electron chi connectivity index (χ3n) is 4.53. The van der Waals surface area contributed by atoms with Crippen LogP contribution in [0.2, 0.25) is 0 Å². The molecule has 0 bridgehead atoms. The fraction of sp³-hybridized carbons (Fsp3) is 0.421. The van der Waals surface area contributed by atoms with Crippen molar-refractivity contribution in [3.05, 3.63) is 40.1 Å². The van der Waals surface area contributed by atoms with Gasteiger partial charge in [0.05, 0.1) is 5.92 Å². The Kier molecular flexibility index (Phi) is 6.86. The molecule has 0 spiro atoms. The van der Waals surface area contributed by atoms with E-state index in [0.717, 1.165) is 30.6 Å². The van der Waals surface area contributed by atoms with Crippen molar-refractivity contribution < 1.29 is 18.8 Å². The normalized spacial score (nSPS) is 16.3. The first-order valence-corrected chi connectivity index (χ1v) is 10.3. The molecule has 1 aromatic carbocycles. The van der Waals surface area contributed by atoms with Crippen molar-refractivity contribution in [2.75, 3.05) is 25.0 Å². The number of aromatic nitrogens is 2. The summed E-state index contributed by atoms with van der Waals surface area (Å²) in [5.41, 5.74) is 0.413. The van der Waals surface area contributed by atoms with Gasteiger partial charge in [-0.3, -0.25) is 14.4 Å². The van der Waals surface area contributed by atoms with Gasteiger partial charge in [-0.2, -0.15) is 0 Å². The molecule has 1 aromatic heterocycles. The van der Waals surface area contributed by atoms with Gasteiger partial charge in [0.1, 0.15) is 5.82 Å². The lowest BCUT2D eigenvalue weighted by Gasteiger charge is -2.31. The van der Waals surface area contributed by atoms with Gasteiger partial charge in [0, 0.05) is 25.3 Å². The number of halogens is 1. The van der Waals surface area contributed by atoms with Crippen LogP contribution >= 0.6 is 11.3 Å². The van der Waals surface area contributed by atoms with E-state index in [1.807, 2.05) is 6.92 Å². The maximum absolute atomic E-state index is 13.0. The first-order valence-electron chi connectivity index (χ1n) is 9.45. The largest absolute Gasteiger partial charge is 0.356 e. The van der Waals surface area contributed by atoms with Crippen LogP contribution in [0, 0.1) is 11.7 Å². The molecule has 10 heteroatoms. The van der Waals surface area contributed by atoms with Crippen LogP contribution in [-0.4, -0.2) is 52.5 Å². The smallest absolute Gasteiger partial charge is 0.286 e. The van der Waals surface area contributed by atoms with E-state index in [0.29, 0.717) is 25.3 Å². The van der Waals surface area contributed by atoms with Gasteiger partial charge in [-0.1, -0.05) is 18.3 Å². The van der Waals surface area contributed by atoms with Gasteiger partial charge in [-0.05, 0) is 43.5 Å². The lowest BCUT2D eigenvalue weighted by Crippen LogP contribution is -2.45. The highest BCUT2D eigenvalue weighted by atomic mass is 32.1. The summed E-state index contributed by atoms with van der Waals surface area (Å²) in [6, 6.07) is 5.32. The minimum atomic E-state index is -0.524. The quantitative estimate of drug-likeness (QED) is 0.748. The van der Waals surface area contributed by atoms with E-state index in [1.165, 1.54) is 24.3 Å². The minimum absolute atomic E-state index is 0.0342. The molecule has 1 aliphatic heterocycles. The van der Waals surface area contributed by atoms with E-state index in [-0.39, 0.29) is 27.7 Å². The third-order valence-corrected chi connectivity index (χ3v) is 5.44. The number of carbonyl (C=O) groups excluding carboxylic acids is 3. The summed E-state index contributed by atoms with van der Waals surface area (Å²) in [7, 11) is 0. The Morgan fingerprint density at radius 3 is 2.66 bits per heavy atom. The number of benzene rings is 1. The fourth-order valence-corrected chi connectivity index (χ4v) is 3.73. The van der Waals surface area contributed by atoms with Crippen LogP contribution in [0.4, 0.5) is 10.1 Å². The molecular formula is C19H22FN5O3S. The fourth-order valence-electron chi connectivity index (χ4n) is 3.02. The van der Waals surface area contributed by atoms with Gasteiger partial charge in [-0.25, -0.2) is 4.39 Å². The molecule has 3 amide bonds. The molecule has 29 heavy (non-hydrogen) atoms. The van der Waals surface area contributed by atoms with E-state index >= 15 is 0 Å². The molecule has 1 saturated heterocycles. The summed E-state index contributed by atoms with van der Waals surface area (Å²) < 4.78 is 13.0. The van der Waals surface area contributed by atoms with Crippen molar-refractivity contribution in [1.29, 1.82) is 0 Å². The number of piperidine rings is 1. The van der Waals surface area contributed by atoms with Crippen molar-refractivity contribution in [1.82, 2.24) is 20.4 Å². The monoisotopic (exact) mass is 419 g/mol. The zero-order valence-corrected chi connectivity index (χ0v) is 16.8. The summed E-state index contributed by atoms with van der Waals surface area (Å²) in [6.45, 7) is 3.46. The summed E-state index contributed by atoms with van der Waals surface area (Å²) in [4.78, 5) is 38.8. The zero-order valence-electron chi connectivity index (χ0n) is 16.0. The highest BCUT2D eigenvalue weighted by Crippen LogP contribution is 2.21. The number of carbonyl (C=O) groups is 3. The van der Waals surface area contributed by atoms with Gasteiger partial charge < -0.3 is 15.5 Å². The number of nitrogens with zero attached hydrogens (tertiary/aromatic N) is 3. The molecule has 0 aliphatic carbocycles. The average Bonchev–Trinajstić information content (AvgIpc) is 3.23. The number of anilines is 1. The molecule has 2 aromatic rings. The summed E-state index contributed by atoms with van der Waals surface area (Å²) in [5, 5.41) is 13.2. The van der Waals surface area contributed by atoms with Gasteiger partial charge >= 0.3 is 0 Å². The maximum atomic E-state index is 13.0. The Hall–Kier alpha value is -2.88. The molecule has 0 radical (unpaired) electrons. The van der Waals surface area contributed by atoms with E-state index < -0.39 is 11.7 Å². The predicted octanol–water partition coefficient (Wildman–Crippen LogP) is 2.31. The Labute approximate surface area is 171 Å². The maximum Gasteiger partial charge on any atom is 0.286 e. The number of amides is 3. The number of hydrogen-bond donors (Lipinski definition) is 2. The molecule has 154 valence electrons. The number of nitrogens with one attached hydrogen (secondary N) is 2. The number of likely N-dealkylation sites (tertiary alicyclic amines) is 1. The third kappa shape index (κ3) is 5.35. The summed E-state index contributed by atoms with van der Waals surface area (Å²) in [6.07, 6.45) is 2.32. The van der Waals surface area contributed by atoms with Crippen LogP contribution in [0.15, 0.2) is 24.3 Å². The van der Waals surface area contributed by atoms with Crippen LogP contribution in [0.25, 0.3) is 0 Å². The Morgan fingerprint density at radius 1 is 1.21 bits per heavy atom. The molecule has 1 unspecified atom stereocenters. The topological polar surface area (TPSA) is 104 Å². The molecular weight excluding hydrogens is 397 g/mol. The van der Waals surface area contributed by atoms with E-state index in [2.05, 4.69) is 20.8 Å². The first-order chi connectivity index (χ1) is 14.0. The number of hydrogen-bond acceptors (Lipinski definition) is 6. The molecule has 1 atom stereocenters. The van der Waals surface area contributed by atoms with Crippen LogP contribution < -0.4 is 10.6 Å². The first kappa shape index (κ1) is 20.8. The van der Waals surface area contributed by atoms with E-state index in [4.69, 9.17) is 0 Å². The van der Waals surface area contributed by atoms with Crippen molar-refractivity contribution in [2.24, 2.45) is 5.92 Å². The van der Waals surface area contributed by atoms with Gasteiger partial charge in [0.2, 0.25) is 15.9 Å². The lowest BCUT2D eigenvalue weighted by molar-refractivity contribution is -0.126. The zero-order chi connectivity index (χ0) is 20.8. The SMILES string of the molecule is CCCNC(=O)C1CCCN(C(=O)c2nnc(C(=O)Nc3ccc(F)cc3)s2)C1. The van der Waals surface area contributed by atoms with Crippen LogP contribution in [0.5, 0.6) is 0 Å². The van der Waals surface area contributed by atoms with Crippen LogP contribution in [0.3, 0.4) is 0 Å². The Bertz CT molecular complexity index is 886. The van der Waals surface area contributed by atoms with Crippen molar-refractivity contribution in [3.8, 4) is 0 Å². The van der Waals surface area contributed by atoms with Gasteiger partial charge in [0.15, 0.2) is 0 Å². The molecule has 0 saturated carbocycles. The van der Waals surface area contributed by atoms with Crippen LogP contribution in [-0.2, 0) is 4.79 Å². The van der Waals surface area contributed by atoms with Crippen molar-refractivity contribution in [3.63, 3.8) is 0 Å². The molecule has 8 nitrogen and oxygen atoms in total. The van der Waals surface area contributed by atoms with E-state index in [9.17, 15) is 18.8 Å². The minimum Gasteiger partial charge on any atom is -0.356 e. The summed E-state index contributed by atoms with van der Waals surface area (Å²) in [5.74, 6) is -1.55. The second-order valence-electron chi connectivity index (χ2n) is 6.75. The second kappa shape index (κ2) is 9.55. The summed E-state index contributed by atoms with van der Waals surface area (Å²) >= 11 is 0.889. The molecule has 3 rings (SSSR count). The van der Waals surface area contributed by atoms with Crippen LogP contribution in [0.1, 0.15) is 45.8 Å². The van der Waals surface area contributed by atoms with Crippen molar-refractivity contribution >= 4 is 34.7 Å². The average molecular weight is 419 g/mol. The Morgan fingerprint density at radius 2 is 1.93 bits per heavy atom. The molecule has 1 fully saturated rings. The standard InChI is InChI=1S/C19H22FN5O3S/c1-2-9-21-15(26)12-4-3-10-25(11-12)19(28)18-24-23-17(29-18)16(27)22-14-7-5-13(20)6-8-14/h5-8,12H,2-4,9-11H2,1H3,(H,21,26)(H,22,27).